The molecule has 0 spiro atoms. The largest absolute Gasteiger partial charge is 0.490 e. The van der Waals surface area contributed by atoms with Gasteiger partial charge in [-0.15, -0.1) is 0 Å². The number of nitrogens with zero attached hydrogens (tertiary/aromatic N) is 2. The fraction of sp³-hybridized carbons (Fsp3) is 0.350. The van der Waals surface area contributed by atoms with Crippen LogP contribution in [0.15, 0.2) is 53.4 Å². The van der Waals surface area contributed by atoms with Crippen molar-refractivity contribution in [3.05, 3.63) is 54.1 Å². The number of benzene rings is 2. The number of carbonyl (C=O) groups excluding carboxylic acids is 1. The molecule has 1 aliphatic heterocycles. The molecule has 1 aliphatic rings. The van der Waals surface area contributed by atoms with Crippen molar-refractivity contribution in [3.8, 4) is 5.75 Å². The Morgan fingerprint density at radius 1 is 1.19 bits per heavy atom. The van der Waals surface area contributed by atoms with Crippen LogP contribution in [-0.4, -0.2) is 37.8 Å². The summed E-state index contributed by atoms with van der Waals surface area (Å²) in [5.74, 6) is 0.383. The molecule has 0 bridgehead atoms. The summed E-state index contributed by atoms with van der Waals surface area (Å²) in [4.78, 5) is 13.6. The van der Waals surface area contributed by atoms with Crippen molar-refractivity contribution in [1.82, 2.24) is 4.31 Å². The number of anilines is 1. The zero-order valence-electron chi connectivity index (χ0n) is 15.8. The number of sulfonamides is 1. The number of ether oxygens (including phenoxy) is 1. The molecule has 0 saturated heterocycles. The zero-order chi connectivity index (χ0) is 19.6. The minimum atomic E-state index is -3.74. The minimum absolute atomic E-state index is 0.140. The third kappa shape index (κ3) is 3.99. The van der Waals surface area contributed by atoms with Crippen LogP contribution in [0.3, 0.4) is 0 Å². The highest BCUT2D eigenvalue weighted by atomic mass is 32.2. The van der Waals surface area contributed by atoms with Crippen molar-refractivity contribution in [2.24, 2.45) is 0 Å². The molecule has 3 rings (SSSR count). The average Bonchev–Trinajstić information content (AvgIpc) is 2.65. The molecule has 2 aromatic rings. The molecule has 0 unspecified atom stereocenters. The predicted octanol–water partition coefficient (Wildman–Crippen LogP) is 3.03. The van der Waals surface area contributed by atoms with Gasteiger partial charge in [-0.3, -0.25) is 4.79 Å². The summed E-state index contributed by atoms with van der Waals surface area (Å²) in [6.45, 7) is 6.25. The van der Waals surface area contributed by atoms with Gasteiger partial charge in [-0.25, -0.2) is 8.42 Å². The molecule has 0 atom stereocenters. The first-order valence-corrected chi connectivity index (χ1v) is 10.4. The Hall–Kier alpha value is -2.38. The van der Waals surface area contributed by atoms with Crippen LogP contribution in [0.4, 0.5) is 5.69 Å². The summed E-state index contributed by atoms with van der Waals surface area (Å²) in [6, 6.07) is 14.0. The molecule has 0 aliphatic carbocycles. The van der Waals surface area contributed by atoms with E-state index in [0.717, 1.165) is 5.56 Å². The summed E-state index contributed by atoms with van der Waals surface area (Å²) >= 11 is 0. The number of hydrogen-bond acceptors (Lipinski definition) is 4. The van der Waals surface area contributed by atoms with E-state index >= 15 is 0 Å². The summed E-state index contributed by atoms with van der Waals surface area (Å²) in [5, 5.41) is 0. The third-order valence-electron chi connectivity index (χ3n) is 4.54. The first-order chi connectivity index (χ1) is 12.8. The van der Waals surface area contributed by atoms with Gasteiger partial charge in [0.2, 0.25) is 15.9 Å². The summed E-state index contributed by atoms with van der Waals surface area (Å²) in [6.07, 6.45) is 0. The number of hydrogen-bond donors (Lipinski definition) is 0. The summed E-state index contributed by atoms with van der Waals surface area (Å²) < 4.78 is 33.7. The maximum absolute atomic E-state index is 13.3. The standard InChI is InChI=1S/C20H24N2O4S/c1-15(2)22(14-17-7-5-4-6-8-17)27(24,25)18-9-10-20-19(13-18)21(16(3)23)11-12-26-20/h4-10,13,15H,11-12,14H2,1-3H3. The first kappa shape index (κ1) is 19.4. The number of fused-ring (bicyclic) bond motifs is 1. The van der Waals surface area contributed by atoms with Crippen molar-refractivity contribution in [3.63, 3.8) is 0 Å². The maximum Gasteiger partial charge on any atom is 0.243 e. The quantitative estimate of drug-likeness (QED) is 0.790. The lowest BCUT2D eigenvalue weighted by atomic mass is 10.2. The monoisotopic (exact) mass is 388 g/mol. The average molecular weight is 388 g/mol. The second kappa shape index (κ2) is 7.70. The first-order valence-electron chi connectivity index (χ1n) is 8.91. The Bertz CT molecular complexity index is 926. The highest BCUT2D eigenvalue weighted by Gasteiger charge is 2.30. The van der Waals surface area contributed by atoms with Crippen LogP contribution in [0.2, 0.25) is 0 Å². The van der Waals surface area contributed by atoms with Crippen molar-refractivity contribution in [2.45, 2.75) is 38.3 Å². The van der Waals surface area contributed by atoms with E-state index in [9.17, 15) is 13.2 Å². The van der Waals surface area contributed by atoms with Crippen LogP contribution in [0.25, 0.3) is 0 Å². The molecule has 0 fully saturated rings. The summed E-state index contributed by atoms with van der Waals surface area (Å²) in [5.41, 5.74) is 1.42. The van der Waals surface area contributed by atoms with E-state index in [0.29, 0.717) is 24.6 Å². The van der Waals surface area contributed by atoms with E-state index in [1.165, 1.54) is 23.4 Å². The van der Waals surface area contributed by atoms with Crippen LogP contribution in [0, 0.1) is 0 Å². The molecule has 0 aromatic heterocycles. The van der Waals surface area contributed by atoms with Gasteiger partial charge in [0.25, 0.3) is 0 Å². The third-order valence-corrected chi connectivity index (χ3v) is 6.56. The fourth-order valence-electron chi connectivity index (χ4n) is 3.13. The lowest BCUT2D eigenvalue weighted by Crippen LogP contribution is -2.38. The Balaban J connectivity index is 2.00. The second-order valence-corrected chi connectivity index (χ2v) is 8.67. The second-order valence-electron chi connectivity index (χ2n) is 6.78. The molecule has 0 N–H and O–H groups in total. The fourth-order valence-corrected chi connectivity index (χ4v) is 4.77. The van der Waals surface area contributed by atoms with Gasteiger partial charge >= 0.3 is 0 Å². The molecule has 2 aromatic carbocycles. The lowest BCUT2D eigenvalue weighted by Gasteiger charge is -2.30. The van der Waals surface area contributed by atoms with Crippen LogP contribution in [-0.2, 0) is 21.4 Å². The van der Waals surface area contributed by atoms with Crippen LogP contribution in [0.1, 0.15) is 26.3 Å². The van der Waals surface area contributed by atoms with E-state index in [-0.39, 0.29) is 23.4 Å². The van der Waals surface area contributed by atoms with Crippen molar-refractivity contribution in [2.75, 3.05) is 18.1 Å². The van der Waals surface area contributed by atoms with Gasteiger partial charge < -0.3 is 9.64 Å². The van der Waals surface area contributed by atoms with Gasteiger partial charge in [0, 0.05) is 19.5 Å². The minimum Gasteiger partial charge on any atom is -0.490 e. The molecule has 1 heterocycles. The molecule has 0 radical (unpaired) electrons. The number of rotatable bonds is 5. The van der Waals surface area contributed by atoms with Gasteiger partial charge in [-0.05, 0) is 37.6 Å². The van der Waals surface area contributed by atoms with E-state index in [1.807, 2.05) is 44.2 Å². The van der Waals surface area contributed by atoms with Crippen LogP contribution in [0.5, 0.6) is 5.75 Å². The molecule has 144 valence electrons. The smallest absolute Gasteiger partial charge is 0.243 e. The van der Waals surface area contributed by atoms with Gasteiger partial charge in [-0.2, -0.15) is 4.31 Å². The van der Waals surface area contributed by atoms with Crippen molar-refractivity contribution < 1.29 is 17.9 Å². The zero-order valence-corrected chi connectivity index (χ0v) is 16.6. The predicted molar refractivity (Wildman–Crippen MR) is 104 cm³/mol. The number of carbonyl (C=O) groups is 1. The molecular formula is C20H24N2O4S. The molecule has 0 saturated carbocycles. The van der Waals surface area contributed by atoms with Crippen LogP contribution >= 0.6 is 0 Å². The van der Waals surface area contributed by atoms with Gasteiger partial charge in [-0.1, -0.05) is 30.3 Å². The van der Waals surface area contributed by atoms with E-state index in [2.05, 4.69) is 0 Å². The SMILES string of the molecule is CC(=O)N1CCOc2ccc(S(=O)(=O)N(Cc3ccccc3)C(C)C)cc21. The van der Waals surface area contributed by atoms with Crippen molar-refractivity contribution in [1.29, 1.82) is 0 Å². The van der Waals surface area contributed by atoms with Gasteiger partial charge in [0.15, 0.2) is 0 Å². The summed E-state index contributed by atoms with van der Waals surface area (Å²) in [7, 11) is -3.74. The highest BCUT2D eigenvalue weighted by Crippen LogP contribution is 2.35. The van der Waals surface area contributed by atoms with E-state index in [4.69, 9.17) is 4.74 Å². The molecule has 7 heteroatoms. The number of amides is 1. The maximum atomic E-state index is 13.3. The lowest BCUT2D eigenvalue weighted by molar-refractivity contribution is -0.116. The van der Waals surface area contributed by atoms with E-state index < -0.39 is 10.0 Å². The van der Waals surface area contributed by atoms with Crippen LogP contribution < -0.4 is 9.64 Å². The van der Waals surface area contributed by atoms with Gasteiger partial charge in [0.1, 0.15) is 12.4 Å². The topological polar surface area (TPSA) is 66.9 Å². The molecule has 27 heavy (non-hydrogen) atoms. The van der Waals surface area contributed by atoms with E-state index in [1.54, 1.807) is 11.0 Å². The molecule has 6 nitrogen and oxygen atoms in total. The highest BCUT2D eigenvalue weighted by molar-refractivity contribution is 7.89. The molecule has 1 amide bonds. The Morgan fingerprint density at radius 3 is 2.52 bits per heavy atom. The Labute approximate surface area is 160 Å². The normalized spacial score (nSPS) is 14.2. The molecular weight excluding hydrogens is 364 g/mol. The van der Waals surface area contributed by atoms with Crippen molar-refractivity contribution >= 4 is 21.6 Å². The Kier molecular flexibility index (Phi) is 5.53. The van der Waals surface area contributed by atoms with Gasteiger partial charge in [0.05, 0.1) is 17.1 Å². The Morgan fingerprint density at radius 2 is 1.89 bits per heavy atom.